The summed E-state index contributed by atoms with van der Waals surface area (Å²) in [4.78, 5) is 24.6. The number of amides is 2. The molecule has 1 aliphatic rings. The van der Waals surface area contributed by atoms with Crippen LogP contribution in [0.1, 0.15) is 28.4 Å². The third kappa shape index (κ3) is 4.13. The summed E-state index contributed by atoms with van der Waals surface area (Å²) in [5.74, 6) is -0.487. The summed E-state index contributed by atoms with van der Waals surface area (Å²) in [6.45, 7) is 0. The molecule has 1 heterocycles. The first kappa shape index (κ1) is 18.2. The molecular formula is C18H19ClN4O3. The molecule has 2 unspecified atom stereocenters. The maximum absolute atomic E-state index is 12.3. The van der Waals surface area contributed by atoms with Crippen LogP contribution in [0.2, 0.25) is 5.02 Å². The van der Waals surface area contributed by atoms with Crippen LogP contribution in [-0.2, 0) is 4.79 Å². The number of rotatable bonds is 4. The van der Waals surface area contributed by atoms with Gasteiger partial charge in [0.2, 0.25) is 0 Å². The largest absolute Gasteiger partial charge is 0.496 e. The molecular weight excluding hydrogens is 356 g/mol. The van der Waals surface area contributed by atoms with Crippen molar-refractivity contribution in [2.75, 3.05) is 7.11 Å². The van der Waals surface area contributed by atoms with Gasteiger partial charge >= 0.3 is 0 Å². The molecule has 3 rings (SSSR count). The Morgan fingerprint density at radius 2 is 1.88 bits per heavy atom. The van der Waals surface area contributed by atoms with Crippen LogP contribution in [0, 0.1) is 0 Å². The third-order valence-corrected chi connectivity index (χ3v) is 4.36. The monoisotopic (exact) mass is 374 g/mol. The molecule has 0 bridgehead atoms. The van der Waals surface area contributed by atoms with Gasteiger partial charge in [0.1, 0.15) is 11.8 Å². The van der Waals surface area contributed by atoms with Crippen molar-refractivity contribution in [2.24, 2.45) is 0 Å². The van der Waals surface area contributed by atoms with Crippen molar-refractivity contribution in [2.45, 2.75) is 18.5 Å². The number of nitrogens with one attached hydrogen (secondary N) is 4. The van der Waals surface area contributed by atoms with Gasteiger partial charge in [0.05, 0.1) is 12.7 Å². The minimum absolute atomic E-state index is 0.0238. The van der Waals surface area contributed by atoms with E-state index in [1.807, 2.05) is 30.3 Å². The average molecular weight is 375 g/mol. The number of carbonyl (C=O) groups excluding carboxylic acids is 2. The van der Waals surface area contributed by atoms with E-state index in [-0.39, 0.29) is 17.5 Å². The second kappa shape index (κ2) is 8.18. The molecule has 1 saturated heterocycles. The fourth-order valence-electron chi connectivity index (χ4n) is 2.76. The molecule has 1 aliphatic heterocycles. The molecule has 7 nitrogen and oxygen atoms in total. The quantitative estimate of drug-likeness (QED) is 0.612. The Labute approximate surface area is 156 Å². The van der Waals surface area contributed by atoms with Gasteiger partial charge in [-0.15, -0.1) is 0 Å². The summed E-state index contributed by atoms with van der Waals surface area (Å²) < 4.78 is 5.14. The van der Waals surface area contributed by atoms with Crippen molar-refractivity contribution >= 4 is 23.4 Å². The van der Waals surface area contributed by atoms with E-state index in [9.17, 15) is 9.59 Å². The highest BCUT2D eigenvalue weighted by atomic mass is 35.5. The second-order valence-corrected chi connectivity index (χ2v) is 6.26. The Kier molecular flexibility index (Phi) is 5.72. The minimum atomic E-state index is -0.511. The molecule has 1 fully saturated rings. The normalized spacial score (nSPS) is 19.0. The molecule has 2 aromatic rings. The first-order chi connectivity index (χ1) is 12.6. The SMILES string of the molecule is COc1ccc(Cl)cc1C(=O)NNC(=O)C1CC(c2ccccc2)NN1. The van der Waals surface area contributed by atoms with Gasteiger partial charge in [0.25, 0.3) is 11.8 Å². The summed E-state index contributed by atoms with van der Waals surface area (Å²) in [5, 5.41) is 0.398. The third-order valence-electron chi connectivity index (χ3n) is 4.13. The van der Waals surface area contributed by atoms with Crippen LogP contribution in [0.25, 0.3) is 0 Å². The van der Waals surface area contributed by atoms with Crippen LogP contribution < -0.4 is 26.4 Å². The molecule has 2 atom stereocenters. The summed E-state index contributed by atoms with van der Waals surface area (Å²) in [5.41, 5.74) is 12.2. The highest BCUT2D eigenvalue weighted by Gasteiger charge is 2.30. The topological polar surface area (TPSA) is 91.5 Å². The summed E-state index contributed by atoms with van der Waals surface area (Å²) in [6.07, 6.45) is 0.562. The Bertz CT molecular complexity index is 800. The Morgan fingerprint density at radius 1 is 1.12 bits per heavy atom. The highest BCUT2D eigenvalue weighted by Crippen LogP contribution is 2.23. The van der Waals surface area contributed by atoms with Crippen molar-refractivity contribution in [1.29, 1.82) is 0 Å². The Hall–Kier alpha value is -2.61. The van der Waals surface area contributed by atoms with Crippen molar-refractivity contribution in [3.63, 3.8) is 0 Å². The lowest BCUT2D eigenvalue weighted by molar-refractivity contribution is -0.123. The predicted molar refractivity (Wildman–Crippen MR) is 97.5 cm³/mol. The smallest absolute Gasteiger partial charge is 0.273 e. The van der Waals surface area contributed by atoms with Gasteiger partial charge in [-0.3, -0.25) is 20.4 Å². The molecule has 0 spiro atoms. The molecule has 8 heteroatoms. The lowest BCUT2D eigenvalue weighted by atomic mass is 10.0. The zero-order chi connectivity index (χ0) is 18.5. The molecule has 0 radical (unpaired) electrons. The number of hydrazine groups is 2. The average Bonchev–Trinajstić information content (AvgIpc) is 3.17. The maximum Gasteiger partial charge on any atom is 0.273 e. The maximum atomic E-state index is 12.3. The highest BCUT2D eigenvalue weighted by molar-refractivity contribution is 6.31. The van der Waals surface area contributed by atoms with Crippen molar-refractivity contribution in [3.05, 3.63) is 64.7 Å². The van der Waals surface area contributed by atoms with Crippen LogP contribution >= 0.6 is 11.6 Å². The molecule has 2 amide bonds. The van der Waals surface area contributed by atoms with E-state index in [0.29, 0.717) is 17.2 Å². The first-order valence-electron chi connectivity index (χ1n) is 8.08. The lowest BCUT2D eigenvalue weighted by Crippen LogP contribution is -2.50. The van der Waals surface area contributed by atoms with Gasteiger partial charge in [-0.1, -0.05) is 41.9 Å². The van der Waals surface area contributed by atoms with Gasteiger partial charge in [-0.05, 0) is 30.2 Å². The number of ether oxygens (including phenoxy) is 1. The zero-order valence-electron chi connectivity index (χ0n) is 14.1. The lowest BCUT2D eigenvalue weighted by Gasteiger charge is -2.13. The van der Waals surface area contributed by atoms with Crippen LogP contribution in [0.3, 0.4) is 0 Å². The fourth-order valence-corrected chi connectivity index (χ4v) is 2.93. The number of carbonyl (C=O) groups is 2. The number of hydrogen-bond donors (Lipinski definition) is 4. The minimum Gasteiger partial charge on any atom is -0.496 e. The Balaban J connectivity index is 1.56. The predicted octanol–water partition coefficient (Wildman–Crippen LogP) is 1.72. The van der Waals surface area contributed by atoms with E-state index in [1.54, 1.807) is 12.1 Å². The number of hydrogen-bond acceptors (Lipinski definition) is 5. The number of methoxy groups -OCH3 is 1. The van der Waals surface area contributed by atoms with Gasteiger partial charge in [0.15, 0.2) is 0 Å². The van der Waals surface area contributed by atoms with Gasteiger partial charge in [-0.25, -0.2) is 10.9 Å². The van der Waals surface area contributed by atoms with E-state index in [2.05, 4.69) is 21.7 Å². The molecule has 0 aromatic heterocycles. The van der Waals surface area contributed by atoms with E-state index in [1.165, 1.54) is 13.2 Å². The van der Waals surface area contributed by atoms with Crippen LogP contribution in [-0.4, -0.2) is 25.0 Å². The van der Waals surface area contributed by atoms with E-state index < -0.39 is 11.9 Å². The van der Waals surface area contributed by atoms with Gasteiger partial charge in [0, 0.05) is 11.1 Å². The zero-order valence-corrected chi connectivity index (χ0v) is 14.8. The first-order valence-corrected chi connectivity index (χ1v) is 8.46. The molecule has 0 aliphatic carbocycles. The van der Waals surface area contributed by atoms with Crippen LogP contribution in [0.4, 0.5) is 0 Å². The van der Waals surface area contributed by atoms with E-state index in [0.717, 1.165) is 5.56 Å². The van der Waals surface area contributed by atoms with E-state index in [4.69, 9.17) is 16.3 Å². The van der Waals surface area contributed by atoms with Gasteiger partial charge in [-0.2, -0.15) is 0 Å². The fraction of sp³-hybridized carbons (Fsp3) is 0.222. The molecule has 0 saturated carbocycles. The van der Waals surface area contributed by atoms with E-state index >= 15 is 0 Å². The summed E-state index contributed by atoms with van der Waals surface area (Å²) >= 11 is 5.92. The summed E-state index contributed by atoms with van der Waals surface area (Å²) in [7, 11) is 1.45. The van der Waals surface area contributed by atoms with Crippen LogP contribution in [0.15, 0.2) is 48.5 Å². The van der Waals surface area contributed by atoms with Crippen LogP contribution in [0.5, 0.6) is 5.75 Å². The standard InChI is InChI=1S/C18H19ClN4O3/c1-26-16-8-7-12(19)9-13(16)17(24)22-23-18(25)15-10-14(20-21-15)11-5-3-2-4-6-11/h2-9,14-15,20-21H,10H2,1H3,(H,22,24)(H,23,25). The number of halogens is 1. The van der Waals surface area contributed by atoms with Crippen molar-refractivity contribution < 1.29 is 14.3 Å². The number of benzene rings is 2. The second-order valence-electron chi connectivity index (χ2n) is 5.83. The molecule has 26 heavy (non-hydrogen) atoms. The van der Waals surface area contributed by atoms with Crippen molar-refractivity contribution in [1.82, 2.24) is 21.7 Å². The van der Waals surface area contributed by atoms with Gasteiger partial charge < -0.3 is 4.74 Å². The molecule has 4 N–H and O–H groups in total. The molecule has 136 valence electrons. The summed E-state index contributed by atoms with van der Waals surface area (Å²) in [6, 6.07) is 14.1. The Morgan fingerprint density at radius 3 is 2.62 bits per heavy atom. The van der Waals surface area contributed by atoms with Crippen molar-refractivity contribution in [3.8, 4) is 5.75 Å². The molecule has 2 aromatic carbocycles.